The van der Waals surface area contributed by atoms with Gasteiger partial charge < -0.3 is 20.1 Å². The molecule has 1 aliphatic heterocycles. The van der Waals surface area contributed by atoms with Gasteiger partial charge >= 0.3 is 5.97 Å². The third-order valence-corrected chi connectivity index (χ3v) is 4.24. The Morgan fingerprint density at radius 1 is 0.862 bits per heavy atom. The van der Waals surface area contributed by atoms with Gasteiger partial charge in [-0.1, -0.05) is 66.8 Å². The van der Waals surface area contributed by atoms with Crippen molar-refractivity contribution < 1.29 is 24.9 Å². The SMILES string of the molecule is C[C@H]1CCC/C=C/C=C/[C@H](O)C[C@@H](O)C/C=C/C=C/[C@H](O)C/C=C/C=C\C(=O)O1. The van der Waals surface area contributed by atoms with Crippen LogP contribution in [0.5, 0.6) is 0 Å². The van der Waals surface area contributed by atoms with Crippen molar-refractivity contribution in [3.05, 3.63) is 72.9 Å². The lowest BCUT2D eigenvalue weighted by atomic mass is 10.1. The lowest BCUT2D eigenvalue weighted by Crippen LogP contribution is -2.14. The highest BCUT2D eigenvalue weighted by molar-refractivity contribution is 5.82. The molecule has 0 unspecified atom stereocenters. The molecule has 3 N–H and O–H groups in total. The predicted molar refractivity (Wildman–Crippen MR) is 116 cm³/mol. The van der Waals surface area contributed by atoms with E-state index in [0.717, 1.165) is 19.3 Å². The molecule has 0 saturated carbocycles. The van der Waals surface area contributed by atoms with Crippen LogP contribution in [0.3, 0.4) is 0 Å². The Kier molecular flexibility index (Phi) is 13.4. The van der Waals surface area contributed by atoms with Crippen LogP contribution in [0.4, 0.5) is 0 Å². The summed E-state index contributed by atoms with van der Waals surface area (Å²) in [6, 6.07) is 0. The van der Waals surface area contributed by atoms with Crippen LogP contribution < -0.4 is 0 Å². The largest absolute Gasteiger partial charge is 0.460 e. The van der Waals surface area contributed by atoms with Crippen molar-refractivity contribution in [3.8, 4) is 0 Å². The van der Waals surface area contributed by atoms with E-state index in [4.69, 9.17) is 4.74 Å². The van der Waals surface area contributed by atoms with Gasteiger partial charge in [0.15, 0.2) is 0 Å². The topological polar surface area (TPSA) is 87.0 Å². The zero-order valence-corrected chi connectivity index (χ0v) is 17.1. The number of ether oxygens (including phenoxy) is 1. The average molecular weight is 403 g/mol. The lowest BCUT2D eigenvalue weighted by Gasteiger charge is -2.10. The molecule has 5 heteroatoms. The van der Waals surface area contributed by atoms with E-state index in [2.05, 4.69) is 0 Å². The number of carbonyl (C=O) groups is 1. The first kappa shape index (κ1) is 24.8. The van der Waals surface area contributed by atoms with Crippen molar-refractivity contribution in [1.29, 1.82) is 0 Å². The maximum atomic E-state index is 11.7. The minimum absolute atomic E-state index is 0.158. The van der Waals surface area contributed by atoms with Crippen LogP contribution in [0.25, 0.3) is 0 Å². The molecule has 0 spiro atoms. The van der Waals surface area contributed by atoms with Gasteiger partial charge in [-0.2, -0.15) is 0 Å². The third kappa shape index (κ3) is 14.4. The van der Waals surface area contributed by atoms with E-state index in [0.29, 0.717) is 12.8 Å². The summed E-state index contributed by atoms with van der Waals surface area (Å²) in [6.07, 6.45) is 22.2. The molecule has 1 rings (SSSR count). The van der Waals surface area contributed by atoms with Gasteiger partial charge in [0.1, 0.15) is 0 Å². The van der Waals surface area contributed by atoms with Crippen molar-refractivity contribution in [3.63, 3.8) is 0 Å². The highest BCUT2D eigenvalue weighted by atomic mass is 16.5. The molecule has 0 aliphatic carbocycles. The maximum absolute atomic E-state index is 11.7. The predicted octanol–water partition coefficient (Wildman–Crippen LogP) is 3.69. The molecule has 1 aliphatic rings. The number of esters is 1. The van der Waals surface area contributed by atoms with Gasteiger partial charge in [-0.15, -0.1) is 0 Å². The van der Waals surface area contributed by atoms with Crippen LogP contribution in [0.2, 0.25) is 0 Å². The Morgan fingerprint density at radius 3 is 2.31 bits per heavy atom. The van der Waals surface area contributed by atoms with Crippen molar-refractivity contribution in [2.75, 3.05) is 0 Å². The normalized spacial score (nSPS) is 35.4. The summed E-state index contributed by atoms with van der Waals surface area (Å²) in [6.45, 7) is 1.87. The molecular formula is C24H34O5. The fourth-order valence-electron chi connectivity index (χ4n) is 2.66. The standard InChI is InChI=1S/C24H34O5/c1-20-13-7-3-2-4-8-16-22(26)19-23(27)17-11-5-9-14-21(25)15-10-6-12-18-24(28)29-20/h2,4-6,8-12,14,16,18,20-23,25-27H,3,7,13,15,17,19H2,1H3/b4-2+,10-6+,11-5+,14-9+,16-8+,18-12-/t20-,21-,22-,23-/m0/s1. The fourth-order valence-corrected chi connectivity index (χ4v) is 2.66. The van der Waals surface area contributed by atoms with Crippen LogP contribution in [0, 0.1) is 0 Å². The number of hydrogen-bond acceptors (Lipinski definition) is 5. The molecule has 0 aromatic carbocycles. The summed E-state index contributed by atoms with van der Waals surface area (Å²) in [7, 11) is 0. The number of carbonyl (C=O) groups excluding carboxylic acids is 1. The molecule has 1 heterocycles. The van der Waals surface area contributed by atoms with E-state index in [9.17, 15) is 20.1 Å². The zero-order valence-electron chi connectivity index (χ0n) is 17.1. The number of aliphatic hydroxyl groups is 3. The first-order valence-electron chi connectivity index (χ1n) is 10.2. The van der Waals surface area contributed by atoms with E-state index >= 15 is 0 Å². The quantitative estimate of drug-likeness (QED) is 0.538. The van der Waals surface area contributed by atoms with E-state index in [1.807, 2.05) is 19.1 Å². The van der Waals surface area contributed by atoms with Crippen LogP contribution in [-0.4, -0.2) is 45.7 Å². The highest BCUT2D eigenvalue weighted by Gasteiger charge is 2.07. The van der Waals surface area contributed by atoms with Gasteiger partial charge in [0.05, 0.1) is 24.4 Å². The Morgan fingerprint density at radius 2 is 1.52 bits per heavy atom. The van der Waals surface area contributed by atoms with Crippen molar-refractivity contribution in [1.82, 2.24) is 0 Å². The Bertz CT molecular complexity index is 627. The number of aliphatic hydroxyl groups excluding tert-OH is 3. The summed E-state index contributed by atoms with van der Waals surface area (Å²) >= 11 is 0. The molecule has 29 heavy (non-hydrogen) atoms. The van der Waals surface area contributed by atoms with Gasteiger partial charge in [0, 0.05) is 12.5 Å². The second-order valence-electron chi connectivity index (χ2n) is 7.09. The molecule has 0 amide bonds. The summed E-state index contributed by atoms with van der Waals surface area (Å²) in [5.74, 6) is -0.378. The van der Waals surface area contributed by atoms with Gasteiger partial charge in [0.25, 0.3) is 0 Å². The molecule has 0 fully saturated rings. The molecule has 0 aromatic rings. The van der Waals surface area contributed by atoms with Crippen molar-refractivity contribution >= 4 is 5.97 Å². The fraction of sp³-hybridized carbons (Fsp3) is 0.458. The number of hydrogen-bond donors (Lipinski definition) is 3. The van der Waals surface area contributed by atoms with Crippen LogP contribution >= 0.6 is 0 Å². The summed E-state index contributed by atoms with van der Waals surface area (Å²) < 4.78 is 5.31. The molecule has 0 bridgehead atoms. The maximum Gasteiger partial charge on any atom is 0.331 e. The lowest BCUT2D eigenvalue weighted by molar-refractivity contribution is -0.142. The minimum atomic E-state index is -0.703. The number of allylic oxidation sites excluding steroid dienone is 7. The highest BCUT2D eigenvalue weighted by Crippen LogP contribution is 2.08. The molecule has 5 nitrogen and oxygen atoms in total. The summed E-state index contributed by atoms with van der Waals surface area (Å²) in [5, 5.41) is 29.8. The number of cyclic esters (lactones) is 1. The second-order valence-corrected chi connectivity index (χ2v) is 7.09. The minimum Gasteiger partial charge on any atom is -0.460 e. The van der Waals surface area contributed by atoms with Gasteiger partial charge in [-0.05, 0) is 39.0 Å². The molecule has 4 atom stereocenters. The van der Waals surface area contributed by atoms with Gasteiger partial charge in [-0.25, -0.2) is 4.79 Å². The Hall–Kier alpha value is -2.21. The van der Waals surface area contributed by atoms with E-state index in [1.54, 1.807) is 54.7 Å². The second kappa shape index (κ2) is 15.7. The Labute approximate surface area is 174 Å². The number of rotatable bonds is 0. The van der Waals surface area contributed by atoms with Gasteiger partial charge in [-0.3, -0.25) is 0 Å². The first-order valence-corrected chi connectivity index (χ1v) is 10.2. The van der Waals surface area contributed by atoms with E-state index in [-0.39, 0.29) is 18.5 Å². The van der Waals surface area contributed by atoms with Crippen molar-refractivity contribution in [2.45, 2.75) is 69.9 Å². The smallest absolute Gasteiger partial charge is 0.331 e. The summed E-state index contributed by atoms with van der Waals surface area (Å²) in [4.78, 5) is 11.7. The van der Waals surface area contributed by atoms with Crippen LogP contribution in [-0.2, 0) is 9.53 Å². The van der Waals surface area contributed by atoms with E-state index < -0.39 is 18.3 Å². The summed E-state index contributed by atoms with van der Waals surface area (Å²) in [5.41, 5.74) is 0. The first-order chi connectivity index (χ1) is 14.0. The Balaban J connectivity index is 2.66. The molecular weight excluding hydrogens is 368 g/mol. The van der Waals surface area contributed by atoms with E-state index in [1.165, 1.54) is 6.08 Å². The van der Waals surface area contributed by atoms with Crippen LogP contribution in [0.1, 0.15) is 45.4 Å². The van der Waals surface area contributed by atoms with Crippen LogP contribution in [0.15, 0.2) is 72.9 Å². The molecule has 0 radical (unpaired) electrons. The monoisotopic (exact) mass is 402 g/mol. The van der Waals surface area contributed by atoms with Crippen molar-refractivity contribution in [2.24, 2.45) is 0 Å². The molecule has 160 valence electrons. The third-order valence-electron chi connectivity index (χ3n) is 4.24. The zero-order chi connectivity index (χ0) is 21.3. The van der Waals surface area contributed by atoms with Gasteiger partial charge in [0.2, 0.25) is 0 Å². The molecule has 0 saturated heterocycles. The molecule has 0 aromatic heterocycles. The average Bonchev–Trinajstić information content (AvgIpc) is 2.65.